The normalized spacial score (nSPS) is 13.6. The zero-order chi connectivity index (χ0) is 45.3. The molecular weight excluding hydrogens is 807 g/mol. The highest BCUT2D eigenvalue weighted by molar-refractivity contribution is 5.98. The number of rotatable bonds is 8. The van der Waals surface area contributed by atoms with E-state index in [0.717, 1.165) is 28.2 Å². The highest BCUT2D eigenvalue weighted by Crippen LogP contribution is 2.55. The molecule has 0 amide bonds. The summed E-state index contributed by atoms with van der Waals surface area (Å²) in [4.78, 5) is 2.50. The Bertz CT molecular complexity index is 3520. The van der Waals surface area contributed by atoms with Crippen LogP contribution in [0.4, 0.5) is 17.1 Å². The standard InChI is InChI=1S/C66H51N/c1-65(2)59-32-14-10-27-53(59)55-41-38-46(43-61(55)65)44-36-39-49(40-37-44)67(63-35-17-13-29-56(63)58-31-19-30-57-54-28-11-15-33-60(54)66(3,4)64(57)58)62-34-16-12-26-52(62)48-23-18-22-47(42-48)51-25-9-8-24-50(51)45-20-6-5-7-21-45/h5-43H,1-4H3. The van der Waals surface area contributed by atoms with E-state index in [9.17, 15) is 0 Å². The number of anilines is 3. The quantitative estimate of drug-likeness (QED) is 0.147. The van der Waals surface area contributed by atoms with E-state index in [-0.39, 0.29) is 10.8 Å². The Morgan fingerprint density at radius 3 is 1.37 bits per heavy atom. The van der Waals surface area contributed by atoms with Crippen LogP contribution in [0.2, 0.25) is 0 Å². The molecule has 0 spiro atoms. The summed E-state index contributed by atoms with van der Waals surface area (Å²) in [6, 6.07) is 87.5. The minimum atomic E-state index is -0.178. The van der Waals surface area contributed by atoms with Gasteiger partial charge in [-0.15, -0.1) is 0 Å². The Hall–Kier alpha value is -8.00. The summed E-state index contributed by atoms with van der Waals surface area (Å²) in [6.45, 7) is 9.49. The van der Waals surface area contributed by atoms with E-state index in [0.29, 0.717) is 0 Å². The van der Waals surface area contributed by atoms with Crippen molar-refractivity contribution in [1.29, 1.82) is 0 Å². The molecule has 0 N–H and O–H groups in total. The van der Waals surface area contributed by atoms with Gasteiger partial charge in [0.15, 0.2) is 0 Å². The predicted octanol–water partition coefficient (Wildman–Crippen LogP) is 18.1. The minimum absolute atomic E-state index is 0.0689. The first kappa shape index (κ1) is 40.5. The van der Waals surface area contributed by atoms with Gasteiger partial charge >= 0.3 is 0 Å². The van der Waals surface area contributed by atoms with Gasteiger partial charge in [0.05, 0.1) is 11.4 Å². The number of hydrogen-bond acceptors (Lipinski definition) is 1. The molecule has 10 aromatic rings. The molecule has 0 radical (unpaired) electrons. The molecule has 10 aromatic carbocycles. The number of para-hydroxylation sites is 2. The number of nitrogens with zero attached hydrogens (tertiary/aromatic N) is 1. The van der Waals surface area contributed by atoms with Crippen LogP contribution in [0.1, 0.15) is 49.9 Å². The molecular formula is C66H51N. The maximum atomic E-state index is 2.50. The molecule has 0 aliphatic heterocycles. The average Bonchev–Trinajstić information content (AvgIpc) is 3.76. The molecule has 0 bridgehead atoms. The predicted molar refractivity (Wildman–Crippen MR) is 283 cm³/mol. The molecule has 67 heavy (non-hydrogen) atoms. The number of hydrogen-bond donors (Lipinski definition) is 0. The van der Waals surface area contributed by atoms with E-state index in [1.807, 2.05) is 0 Å². The van der Waals surface area contributed by atoms with Crippen molar-refractivity contribution in [3.8, 4) is 77.9 Å². The maximum Gasteiger partial charge on any atom is 0.0540 e. The summed E-state index contributed by atoms with van der Waals surface area (Å²) in [5.74, 6) is 0. The van der Waals surface area contributed by atoms with Crippen LogP contribution in [0.25, 0.3) is 77.9 Å². The van der Waals surface area contributed by atoms with Gasteiger partial charge in [-0.25, -0.2) is 0 Å². The Morgan fingerprint density at radius 1 is 0.254 bits per heavy atom. The second-order valence-corrected chi connectivity index (χ2v) is 19.2. The van der Waals surface area contributed by atoms with Crippen LogP contribution in [-0.4, -0.2) is 0 Å². The van der Waals surface area contributed by atoms with Gasteiger partial charge in [0.2, 0.25) is 0 Å². The first-order valence-electron chi connectivity index (χ1n) is 23.6. The highest BCUT2D eigenvalue weighted by Gasteiger charge is 2.38. The zero-order valence-corrected chi connectivity index (χ0v) is 38.5. The van der Waals surface area contributed by atoms with E-state index in [1.54, 1.807) is 0 Å². The summed E-state index contributed by atoms with van der Waals surface area (Å²) in [7, 11) is 0. The van der Waals surface area contributed by atoms with Gasteiger partial charge in [0.25, 0.3) is 0 Å². The first-order valence-corrected chi connectivity index (χ1v) is 23.6. The molecule has 0 saturated heterocycles. The van der Waals surface area contributed by atoms with Gasteiger partial charge in [-0.1, -0.05) is 228 Å². The minimum Gasteiger partial charge on any atom is -0.309 e. The molecule has 2 aliphatic rings. The fourth-order valence-electron chi connectivity index (χ4n) is 11.4. The van der Waals surface area contributed by atoms with Crippen molar-refractivity contribution in [2.24, 2.45) is 0 Å². The number of fused-ring (bicyclic) bond motifs is 6. The molecule has 1 heteroatoms. The van der Waals surface area contributed by atoms with Crippen molar-refractivity contribution in [2.45, 2.75) is 38.5 Å². The van der Waals surface area contributed by atoms with Gasteiger partial charge < -0.3 is 4.90 Å². The van der Waals surface area contributed by atoms with E-state index in [1.165, 1.54) is 89.0 Å². The lowest BCUT2D eigenvalue weighted by atomic mass is 9.78. The SMILES string of the molecule is CC1(C)c2ccccc2-c2ccc(-c3ccc(N(c4ccccc4-c4cccc(-c5ccccc5-c5ccccc5)c4)c4ccccc4-c4cccc5c4C(C)(C)c4ccccc4-5)cc3)cc21. The van der Waals surface area contributed by atoms with Gasteiger partial charge in [-0.2, -0.15) is 0 Å². The average molecular weight is 858 g/mol. The van der Waals surface area contributed by atoms with Crippen molar-refractivity contribution >= 4 is 17.1 Å². The third-order valence-electron chi connectivity index (χ3n) is 14.7. The van der Waals surface area contributed by atoms with Gasteiger partial charge in [-0.05, 0) is 125 Å². The second-order valence-electron chi connectivity index (χ2n) is 19.2. The van der Waals surface area contributed by atoms with Gasteiger partial charge in [-0.3, -0.25) is 0 Å². The Balaban J connectivity index is 1.02. The van der Waals surface area contributed by atoms with Crippen molar-refractivity contribution in [3.05, 3.63) is 259 Å². The van der Waals surface area contributed by atoms with Crippen LogP contribution in [0.15, 0.2) is 237 Å². The Morgan fingerprint density at radius 2 is 0.687 bits per heavy atom. The molecule has 320 valence electrons. The van der Waals surface area contributed by atoms with E-state index in [4.69, 9.17) is 0 Å². The van der Waals surface area contributed by atoms with E-state index < -0.39 is 0 Å². The molecule has 0 aromatic heterocycles. The summed E-state index contributed by atoms with van der Waals surface area (Å²) in [5, 5.41) is 0. The molecule has 0 unspecified atom stereocenters. The van der Waals surface area contributed by atoms with Crippen LogP contribution in [0.3, 0.4) is 0 Å². The summed E-state index contributed by atoms with van der Waals surface area (Å²) in [6.07, 6.45) is 0. The third-order valence-corrected chi connectivity index (χ3v) is 14.7. The van der Waals surface area contributed by atoms with Crippen molar-refractivity contribution in [2.75, 3.05) is 4.90 Å². The number of benzene rings is 10. The Kier molecular flexibility index (Phi) is 9.59. The second kappa shape index (κ2) is 15.9. The van der Waals surface area contributed by atoms with Crippen LogP contribution in [0.5, 0.6) is 0 Å². The lowest BCUT2D eigenvalue weighted by Gasteiger charge is -2.31. The lowest BCUT2D eigenvalue weighted by Crippen LogP contribution is -2.17. The molecule has 0 fully saturated rings. The molecule has 0 saturated carbocycles. The fraction of sp³-hybridized carbons (Fsp3) is 0.0909. The highest BCUT2D eigenvalue weighted by atomic mass is 15.1. The summed E-state index contributed by atoms with van der Waals surface area (Å²) < 4.78 is 0. The van der Waals surface area contributed by atoms with E-state index >= 15 is 0 Å². The zero-order valence-electron chi connectivity index (χ0n) is 38.5. The largest absolute Gasteiger partial charge is 0.309 e. The van der Waals surface area contributed by atoms with Crippen LogP contribution in [-0.2, 0) is 10.8 Å². The molecule has 0 heterocycles. The van der Waals surface area contributed by atoms with Gasteiger partial charge in [0.1, 0.15) is 0 Å². The van der Waals surface area contributed by atoms with Crippen molar-refractivity contribution in [3.63, 3.8) is 0 Å². The smallest absolute Gasteiger partial charge is 0.0540 e. The van der Waals surface area contributed by atoms with E-state index in [2.05, 4.69) is 269 Å². The van der Waals surface area contributed by atoms with Crippen molar-refractivity contribution in [1.82, 2.24) is 0 Å². The van der Waals surface area contributed by atoms with Crippen LogP contribution >= 0.6 is 0 Å². The van der Waals surface area contributed by atoms with Crippen molar-refractivity contribution < 1.29 is 0 Å². The topological polar surface area (TPSA) is 3.24 Å². The molecule has 2 aliphatic carbocycles. The summed E-state index contributed by atoms with van der Waals surface area (Å²) in [5.41, 5.74) is 26.0. The third kappa shape index (κ3) is 6.60. The lowest BCUT2D eigenvalue weighted by molar-refractivity contribution is 0.660. The van der Waals surface area contributed by atoms with Crippen LogP contribution in [0, 0.1) is 0 Å². The monoisotopic (exact) mass is 857 g/mol. The molecule has 1 nitrogen and oxygen atoms in total. The molecule has 12 rings (SSSR count). The summed E-state index contributed by atoms with van der Waals surface area (Å²) >= 11 is 0. The molecule has 0 atom stereocenters. The Labute approximate surface area is 395 Å². The maximum absolute atomic E-state index is 2.50. The first-order chi connectivity index (χ1) is 32.8. The van der Waals surface area contributed by atoms with Crippen LogP contribution < -0.4 is 4.90 Å². The fourth-order valence-corrected chi connectivity index (χ4v) is 11.4. The van der Waals surface area contributed by atoms with Gasteiger partial charge in [0, 0.05) is 27.6 Å².